The van der Waals surface area contributed by atoms with Gasteiger partial charge in [-0.3, -0.25) is 4.79 Å². The summed E-state index contributed by atoms with van der Waals surface area (Å²) >= 11 is 0. The Balaban J connectivity index is 2.10. The number of benzene rings is 2. The lowest BCUT2D eigenvalue weighted by Gasteiger charge is -2.02. The van der Waals surface area contributed by atoms with E-state index in [1.807, 2.05) is 18.2 Å². The lowest BCUT2D eigenvalue weighted by molar-refractivity contribution is 0.103. The van der Waals surface area contributed by atoms with E-state index in [-0.39, 0.29) is 12.4 Å². The molecule has 0 aliphatic heterocycles. The highest BCUT2D eigenvalue weighted by atomic mass is 31.1. The molecule has 0 aliphatic rings. The van der Waals surface area contributed by atoms with Gasteiger partial charge in [0.05, 0.1) is 0 Å². The molecule has 0 heterocycles. The van der Waals surface area contributed by atoms with Gasteiger partial charge in [-0.25, -0.2) is 0 Å². The fourth-order valence-corrected chi connectivity index (χ4v) is 1.90. The van der Waals surface area contributed by atoms with Crippen molar-refractivity contribution in [1.29, 1.82) is 0 Å². The van der Waals surface area contributed by atoms with E-state index in [1.165, 1.54) is 0 Å². The summed E-state index contributed by atoms with van der Waals surface area (Å²) in [6, 6.07) is 15.8. The van der Waals surface area contributed by atoms with E-state index in [9.17, 15) is 9.36 Å². The highest BCUT2D eigenvalue weighted by molar-refractivity contribution is 7.32. The summed E-state index contributed by atoms with van der Waals surface area (Å²) in [4.78, 5) is 20.6. The zero-order valence-corrected chi connectivity index (χ0v) is 10.9. The van der Waals surface area contributed by atoms with Gasteiger partial charge in [0.1, 0.15) is 6.61 Å². The third-order valence-corrected chi connectivity index (χ3v) is 2.94. The largest absolute Gasteiger partial charge is 0.695 e. The van der Waals surface area contributed by atoms with Crippen LogP contribution in [0.2, 0.25) is 0 Å². The molecule has 0 amide bonds. The summed E-state index contributed by atoms with van der Waals surface area (Å²) in [5.41, 5.74) is 1.94. The second-order valence-corrected chi connectivity index (χ2v) is 4.64. The van der Waals surface area contributed by atoms with Gasteiger partial charge in [0.25, 0.3) is 0 Å². The molecule has 2 aromatic carbocycles. The minimum Gasteiger partial charge on any atom is -0.289 e. The average Bonchev–Trinajstić information content (AvgIpc) is 2.46. The quantitative estimate of drug-likeness (QED) is 0.672. The van der Waals surface area contributed by atoms with Gasteiger partial charge in [-0.05, 0) is 5.56 Å². The first-order valence-electron chi connectivity index (χ1n) is 5.64. The van der Waals surface area contributed by atoms with Gasteiger partial charge in [-0.2, -0.15) is 0 Å². The number of rotatable bonds is 5. The van der Waals surface area contributed by atoms with Gasteiger partial charge in [-0.15, -0.1) is 9.42 Å². The Morgan fingerprint density at radius 3 is 2.16 bits per heavy atom. The molecule has 0 fully saturated rings. The van der Waals surface area contributed by atoms with Crippen molar-refractivity contribution < 1.29 is 18.8 Å². The molecule has 0 aliphatic carbocycles. The lowest BCUT2D eigenvalue weighted by Crippen LogP contribution is -2.01. The normalized spacial score (nSPS) is 11.1. The first kappa shape index (κ1) is 13.6. The van der Waals surface area contributed by atoms with Gasteiger partial charge < -0.3 is 0 Å². The molecular weight excluding hydrogens is 263 g/mol. The number of carbonyl (C=O) groups excluding carboxylic acids is 1. The molecule has 0 radical (unpaired) electrons. The van der Waals surface area contributed by atoms with Crippen LogP contribution >= 0.6 is 8.25 Å². The second-order valence-electron chi connectivity index (χ2n) is 3.90. The van der Waals surface area contributed by atoms with Crippen molar-refractivity contribution >= 4 is 14.0 Å². The van der Waals surface area contributed by atoms with Crippen LogP contribution in [0, 0.1) is 0 Å². The Bertz CT molecular complexity index is 578. The number of ketones is 1. The molecular formula is C14H12O4P+. The van der Waals surface area contributed by atoms with Crippen LogP contribution in [0.1, 0.15) is 21.5 Å². The maximum absolute atomic E-state index is 12.1. The van der Waals surface area contributed by atoms with Crippen molar-refractivity contribution in [1.82, 2.24) is 0 Å². The van der Waals surface area contributed by atoms with Crippen molar-refractivity contribution in [2.75, 3.05) is 0 Å². The van der Waals surface area contributed by atoms with E-state index < -0.39 is 8.25 Å². The molecule has 0 spiro atoms. The third kappa shape index (κ3) is 3.80. The van der Waals surface area contributed by atoms with Crippen LogP contribution in [0.4, 0.5) is 0 Å². The topological polar surface area (TPSA) is 63.6 Å². The molecule has 0 bridgehead atoms. The molecule has 2 rings (SSSR count). The molecule has 2 aromatic rings. The summed E-state index contributed by atoms with van der Waals surface area (Å²) in [6.07, 6.45) is 0. The first-order valence-corrected chi connectivity index (χ1v) is 6.77. The molecule has 96 valence electrons. The summed E-state index contributed by atoms with van der Waals surface area (Å²) < 4.78 is 15.0. The predicted octanol–water partition coefficient (Wildman–Crippen LogP) is 3.08. The van der Waals surface area contributed by atoms with Gasteiger partial charge in [-0.1, -0.05) is 54.6 Å². The Labute approximate surface area is 111 Å². The fraction of sp³-hybridized carbons (Fsp3) is 0.0714. The van der Waals surface area contributed by atoms with E-state index in [0.717, 1.165) is 5.56 Å². The fourth-order valence-electron chi connectivity index (χ4n) is 1.64. The van der Waals surface area contributed by atoms with Crippen LogP contribution in [-0.2, 0) is 15.7 Å². The minimum absolute atomic E-state index is 0.0471. The van der Waals surface area contributed by atoms with E-state index >= 15 is 0 Å². The van der Waals surface area contributed by atoms with Crippen molar-refractivity contribution in [3.05, 3.63) is 71.3 Å². The van der Waals surface area contributed by atoms with E-state index in [4.69, 9.17) is 4.89 Å². The summed E-state index contributed by atoms with van der Waals surface area (Å²) in [5.74, 6) is -0.0543. The standard InChI is InChI=1S/C14H11O4P/c15-14(12-4-2-1-3-5-12)13-8-6-11(7-9-13)10-18-19(16)17/h1-9H,10H2/p+1. The zero-order chi connectivity index (χ0) is 13.7. The number of hydrogen-bond donors (Lipinski definition) is 1. The highest BCUT2D eigenvalue weighted by Crippen LogP contribution is 2.18. The van der Waals surface area contributed by atoms with Gasteiger partial charge in [0.15, 0.2) is 5.78 Å². The van der Waals surface area contributed by atoms with Crippen LogP contribution in [0.25, 0.3) is 0 Å². The predicted molar refractivity (Wildman–Crippen MR) is 70.9 cm³/mol. The van der Waals surface area contributed by atoms with Crippen molar-refractivity contribution in [2.24, 2.45) is 0 Å². The third-order valence-electron chi connectivity index (χ3n) is 2.59. The smallest absolute Gasteiger partial charge is 0.289 e. The van der Waals surface area contributed by atoms with Gasteiger partial charge >= 0.3 is 8.25 Å². The molecule has 5 heteroatoms. The maximum atomic E-state index is 12.1. The first-order chi connectivity index (χ1) is 9.16. The molecule has 19 heavy (non-hydrogen) atoms. The Morgan fingerprint density at radius 1 is 1.00 bits per heavy atom. The Hall–Kier alpha value is -1.87. The minimum atomic E-state index is -2.60. The molecule has 1 atom stereocenters. The summed E-state index contributed by atoms with van der Waals surface area (Å²) in [6.45, 7) is 0.0471. The number of carbonyl (C=O) groups is 1. The lowest BCUT2D eigenvalue weighted by atomic mass is 10.0. The van der Waals surface area contributed by atoms with Gasteiger partial charge in [0.2, 0.25) is 0 Å². The SMILES string of the molecule is O=C(c1ccccc1)c1ccc(CO[P+](=O)O)cc1. The molecule has 1 N–H and O–H groups in total. The van der Waals surface area contributed by atoms with Gasteiger partial charge in [0, 0.05) is 15.7 Å². The van der Waals surface area contributed by atoms with Crippen molar-refractivity contribution in [3.63, 3.8) is 0 Å². The Kier molecular flexibility index (Phi) is 4.53. The van der Waals surface area contributed by atoms with Crippen LogP contribution < -0.4 is 0 Å². The molecule has 0 aromatic heterocycles. The average molecular weight is 275 g/mol. The van der Waals surface area contributed by atoms with E-state index in [0.29, 0.717) is 11.1 Å². The molecule has 4 nitrogen and oxygen atoms in total. The highest BCUT2D eigenvalue weighted by Gasteiger charge is 2.12. The van der Waals surface area contributed by atoms with E-state index in [2.05, 4.69) is 4.52 Å². The zero-order valence-electron chi connectivity index (χ0n) is 10.0. The van der Waals surface area contributed by atoms with Crippen molar-refractivity contribution in [2.45, 2.75) is 6.61 Å². The maximum Gasteiger partial charge on any atom is 0.695 e. The van der Waals surface area contributed by atoms with E-state index in [1.54, 1.807) is 36.4 Å². The summed E-state index contributed by atoms with van der Waals surface area (Å²) in [5, 5.41) is 0. The van der Waals surface area contributed by atoms with Crippen LogP contribution in [-0.4, -0.2) is 10.7 Å². The summed E-state index contributed by atoms with van der Waals surface area (Å²) in [7, 11) is -2.60. The monoisotopic (exact) mass is 275 g/mol. The molecule has 0 saturated carbocycles. The Morgan fingerprint density at radius 2 is 1.58 bits per heavy atom. The number of hydrogen-bond acceptors (Lipinski definition) is 3. The van der Waals surface area contributed by atoms with Crippen LogP contribution in [0.5, 0.6) is 0 Å². The van der Waals surface area contributed by atoms with Crippen LogP contribution in [0.3, 0.4) is 0 Å². The molecule has 0 saturated heterocycles. The second kappa shape index (κ2) is 6.34. The van der Waals surface area contributed by atoms with Crippen LogP contribution in [0.15, 0.2) is 54.6 Å². The van der Waals surface area contributed by atoms with Crippen molar-refractivity contribution in [3.8, 4) is 0 Å². The molecule has 1 unspecified atom stereocenters.